The Morgan fingerprint density at radius 2 is 1.69 bits per heavy atom. The predicted molar refractivity (Wildman–Crippen MR) is 102 cm³/mol. The Bertz CT molecular complexity index is 1160. The molecule has 0 atom stereocenters. The molecule has 0 radical (unpaired) electrons. The standard InChI is InChI=1S/C21H14O4S/c1-13-7-5-6-10-16(13)17-11-15(12-18-19(17)25-21(23)26-18)24-20(22)14-8-3-2-4-9-14/h2-12H,1H3. The van der Waals surface area contributed by atoms with Crippen molar-refractivity contribution in [2.45, 2.75) is 6.92 Å². The highest BCUT2D eigenvalue weighted by molar-refractivity contribution is 7.16. The van der Waals surface area contributed by atoms with E-state index >= 15 is 0 Å². The molecule has 0 aliphatic rings. The van der Waals surface area contributed by atoms with Crippen molar-refractivity contribution >= 4 is 27.6 Å². The largest absolute Gasteiger partial charge is 0.423 e. The topological polar surface area (TPSA) is 56.5 Å². The molecule has 0 aliphatic carbocycles. The Balaban J connectivity index is 1.83. The summed E-state index contributed by atoms with van der Waals surface area (Å²) in [7, 11) is 0. The minimum atomic E-state index is -0.448. The third-order valence-corrected chi connectivity index (χ3v) is 4.84. The van der Waals surface area contributed by atoms with Crippen molar-refractivity contribution < 1.29 is 13.9 Å². The van der Waals surface area contributed by atoms with Crippen molar-refractivity contribution in [2.24, 2.45) is 0 Å². The number of carbonyl (C=O) groups excluding carboxylic acids is 1. The molecule has 3 aromatic carbocycles. The molecule has 0 bridgehead atoms. The van der Waals surface area contributed by atoms with E-state index in [1.165, 1.54) is 0 Å². The Hall–Kier alpha value is -3.18. The van der Waals surface area contributed by atoms with E-state index in [0.717, 1.165) is 28.0 Å². The number of rotatable bonds is 3. The number of fused-ring (bicyclic) bond motifs is 1. The van der Waals surface area contributed by atoms with E-state index in [4.69, 9.17) is 9.15 Å². The molecule has 4 aromatic rings. The Morgan fingerprint density at radius 1 is 0.962 bits per heavy atom. The van der Waals surface area contributed by atoms with Gasteiger partial charge in [0.25, 0.3) is 0 Å². The average Bonchev–Trinajstić information content (AvgIpc) is 3.02. The molecule has 5 heteroatoms. The van der Waals surface area contributed by atoms with E-state index in [2.05, 4.69) is 0 Å². The van der Waals surface area contributed by atoms with Gasteiger partial charge in [0, 0.05) is 11.6 Å². The number of esters is 1. The molecule has 1 aromatic heterocycles. The summed E-state index contributed by atoms with van der Waals surface area (Å²) in [4.78, 5) is 23.7. The maximum atomic E-state index is 12.4. The Morgan fingerprint density at radius 3 is 2.46 bits per heavy atom. The maximum absolute atomic E-state index is 12.4. The fourth-order valence-corrected chi connectivity index (χ4v) is 3.55. The quantitative estimate of drug-likeness (QED) is 0.378. The Kier molecular flexibility index (Phi) is 4.14. The summed E-state index contributed by atoms with van der Waals surface area (Å²) in [6.07, 6.45) is 0. The Labute approximate surface area is 153 Å². The van der Waals surface area contributed by atoms with Gasteiger partial charge >= 0.3 is 10.9 Å². The van der Waals surface area contributed by atoms with Crippen molar-refractivity contribution in [1.82, 2.24) is 0 Å². The lowest BCUT2D eigenvalue weighted by Crippen LogP contribution is -2.08. The first-order valence-electron chi connectivity index (χ1n) is 8.03. The van der Waals surface area contributed by atoms with Crippen LogP contribution in [0.1, 0.15) is 15.9 Å². The molecule has 0 N–H and O–H groups in total. The second-order valence-electron chi connectivity index (χ2n) is 5.82. The molecule has 0 saturated heterocycles. The van der Waals surface area contributed by atoms with Crippen molar-refractivity contribution in [2.75, 3.05) is 0 Å². The minimum Gasteiger partial charge on any atom is -0.423 e. The molecule has 128 valence electrons. The highest BCUT2D eigenvalue weighted by atomic mass is 32.1. The summed E-state index contributed by atoms with van der Waals surface area (Å²) in [6.45, 7) is 1.98. The van der Waals surface area contributed by atoms with Gasteiger partial charge in [-0.2, -0.15) is 0 Å². The predicted octanol–water partition coefficient (Wildman–Crippen LogP) is 5.05. The molecule has 0 spiro atoms. The number of hydrogen-bond acceptors (Lipinski definition) is 5. The number of aryl methyl sites for hydroxylation is 1. The zero-order valence-corrected chi connectivity index (χ0v) is 14.7. The second-order valence-corrected chi connectivity index (χ2v) is 6.80. The zero-order chi connectivity index (χ0) is 18.1. The lowest BCUT2D eigenvalue weighted by Gasteiger charge is -2.09. The van der Waals surface area contributed by atoms with Crippen molar-refractivity contribution in [1.29, 1.82) is 0 Å². The van der Waals surface area contributed by atoms with Gasteiger partial charge < -0.3 is 9.15 Å². The molecule has 0 saturated carbocycles. The molecular formula is C21H14O4S. The van der Waals surface area contributed by atoms with Crippen molar-refractivity contribution in [3.05, 3.63) is 87.6 Å². The van der Waals surface area contributed by atoms with E-state index in [0.29, 0.717) is 21.6 Å². The van der Waals surface area contributed by atoms with Crippen LogP contribution in [0.5, 0.6) is 5.75 Å². The molecule has 0 aliphatic heterocycles. The van der Waals surface area contributed by atoms with Crippen LogP contribution in [0.2, 0.25) is 0 Å². The van der Waals surface area contributed by atoms with Crippen LogP contribution in [0.3, 0.4) is 0 Å². The van der Waals surface area contributed by atoms with Gasteiger partial charge in [-0.3, -0.25) is 0 Å². The van der Waals surface area contributed by atoms with E-state index in [9.17, 15) is 9.59 Å². The molecule has 4 rings (SSSR count). The van der Waals surface area contributed by atoms with Gasteiger partial charge in [0.1, 0.15) is 5.75 Å². The number of carbonyl (C=O) groups is 1. The van der Waals surface area contributed by atoms with Gasteiger partial charge in [0.15, 0.2) is 5.58 Å². The average molecular weight is 362 g/mol. The third-order valence-electron chi connectivity index (χ3n) is 4.06. The molecule has 1 heterocycles. The fourth-order valence-electron chi connectivity index (χ4n) is 2.83. The van der Waals surface area contributed by atoms with Crippen LogP contribution in [0.4, 0.5) is 0 Å². The zero-order valence-electron chi connectivity index (χ0n) is 13.9. The summed E-state index contributed by atoms with van der Waals surface area (Å²) in [5.41, 5.74) is 3.67. The number of ether oxygens (including phenoxy) is 1. The summed E-state index contributed by atoms with van der Waals surface area (Å²) in [6, 6.07) is 20.0. The fraction of sp³-hybridized carbons (Fsp3) is 0.0476. The molecular weight excluding hydrogens is 348 g/mol. The van der Waals surface area contributed by atoms with Gasteiger partial charge in [0.05, 0.1) is 10.3 Å². The molecule has 4 nitrogen and oxygen atoms in total. The van der Waals surface area contributed by atoms with E-state index in [-0.39, 0.29) is 4.94 Å². The summed E-state index contributed by atoms with van der Waals surface area (Å²) >= 11 is 0.990. The summed E-state index contributed by atoms with van der Waals surface area (Å²) in [5, 5.41) is 0. The van der Waals surface area contributed by atoms with E-state index in [1.807, 2.05) is 37.3 Å². The van der Waals surface area contributed by atoms with Crippen LogP contribution < -0.4 is 9.68 Å². The summed E-state index contributed by atoms with van der Waals surface area (Å²) in [5.74, 6) is -0.0711. The summed E-state index contributed by atoms with van der Waals surface area (Å²) < 4.78 is 11.6. The second kappa shape index (κ2) is 6.61. The van der Waals surface area contributed by atoms with Crippen LogP contribution in [0.25, 0.3) is 21.4 Å². The van der Waals surface area contributed by atoms with Gasteiger partial charge in [-0.1, -0.05) is 53.8 Å². The van der Waals surface area contributed by atoms with Crippen LogP contribution in [-0.2, 0) is 0 Å². The smallest absolute Gasteiger partial charge is 0.396 e. The number of benzene rings is 3. The third kappa shape index (κ3) is 3.05. The lowest BCUT2D eigenvalue weighted by molar-refractivity contribution is 0.0735. The first-order chi connectivity index (χ1) is 12.6. The first kappa shape index (κ1) is 16.3. The van der Waals surface area contributed by atoms with E-state index < -0.39 is 5.97 Å². The van der Waals surface area contributed by atoms with Gasteiger partial charge in [0.2, 0.25) is 0 Å². The normalized spacial score (nSPS) is 10.8. The number of hydrogen-bond donors (Lipinski definition) is 0. The molecule has 0 amide bonds. The molecule has 0 fully saturated rings. The lowest BCUT2D eigenvalue weighted by atomic mass is 10.00. The van der Waals surface area contributed by atoms with Crippen molar-refractivity contribution in [3.63, 3.8) is 0 Å². The molecule has 26 heavy (non-hydrogen) atoms. The van der Waals surface area contributed by atoms with Gasteiger partial charge in [-0.25, -0.2) is 9.59 Å². The van der Waals surface area contributed by atoms with E-state index in [1.54, 1.807) is 36.4 Å². The van der Waals surface area contributed by atoms with Crippen LogP contribution in [-0.4, -0.2) is 5.97 Å². The monoisotopic (exact) mass is 362 g/mol. The SMILES string of the molecule is Cc1ccccc1-c1cc(OC(=O)c2ccccc2)cc2sc(=O)oc12. The minimum absolute atomic E-state index is 0.377. The van der Waals surface area contributed by atoms with Crippen LogP contribution in [0, 0.1) is 6.92 Å². The highest BCUT2D eigenvalue weighted by Gasteiger charge is 2.16. The van der Waals surface area contributed by atoms with Crippen LogP contribution >= 0.6 is 11.3 Å². The maximum Gasteiger partial charge on any atom is 0.396 e. The first-order valence-corrected chi connectivity index (χ1v) is 8.84. The van der Waals surface area contributed by atoms with Crippen molar-refractivity contribution in [3.8, 4) is 16.9 Å². The molecule has 0 unspecified atom stereocenters. The van der Waals surface area contributed by atoms with Gasteiger partial charge in [-0.15, -0.1) is 0 Å². The van der Waals surface area contributed by atoms with Gasteiger partial charge in [-0.05, 0) is 36.2 Å². The van der Waals surface area contributed by atoms with Crippen LogP contribution in [0.15, 0.2) is 75.9 Å². The highest BCUT2D eigenvalue weighted by Crippen LogP contribution is 2.36.